The van der Waals surface area contributed by atoms with Crippen molar-refractivity contribution < 1.29 is 0 Å². The highest BCUT2D eigenvalue weighted by molar-refractivity contribution is 5.00. The molecule has 0 aromatic carbocycles. The van der Waals surface area contributed by atoms with Crippen molar-refractivity contribution in [2.75, 3.05) is 6.54 Å². The van der Waals surface area contributed by atoms with Gasteiger partial charge >= 0.3 is 0 Å². The molecule has 4 unspecified atom stereocenters. The molecular formula is C15H26N2. The minimum absolute atomic E-state index is 0.296. The van der Waals surface area contributed by atoms with Gasteiger partial charge in [0.15, 0.2) is 0 Å². The lowest BCUT2D eigenvalue weighted by Gasteiger charge is -2.41. The van der Waals surface area contributed by atoms with Crippen LogP contribution in [0.15, 0.2) is 0 Å². The molecule has 0 amide bonds. The van der Waals surface area contributed by atoms with Crippen LogP contribution in [0.5, 0.6) is 0 Å². The van der Waals surface area contributed by atoms with Crippen LogP contribution < -0.4 is 0 Å². The summed E-state index contributed by atoms with van der Waals surface area (Å²) < 4.78 is 0. The van der Waals surface area contributed by atoms with Crippen LogP contribution in [-0.4, -0.2) is 23.5 Å². The summed E-state index contributed by atoms with van der Waals surface area (Å²) in [5.41, 5.74) is 0. The second-order valence-corrected chi connectivity index (χ2v) is 5.83. The Bertz CT molecular complexity index is 281. The Kier molecular flexibility index (Phi) is 4.45. The molecule has 2 heteroatoms. The Balaban J connectivity index is 2.06. The van der Waals surface area contributed by atoms with Gasteiger partial charge in [0.2, 0.25) is 0 Å². The summed E-state index contributed by atoms with van der Waals surface area (Å²) in [6.07, 6.45) is 8.91. The summed E-state index contributed by atoms with van der Waals surface area (Å²) in [5, 5.41) is 9.36. The maximum atomic E-state index is 9.36. The summed E-state index contributed by atoms with van der Waals surface area (Å²) in [6.45, 7) is 5.83. The molecule has 0 spiro atoms. The highest BCUT2D eigenvalue weighted by atomic mass is 15.2. The zero-order chi connectivity index (χ0) is 12.3. The Hall–Kier alpha value is -0.550. The lowest BCUT2D eigenvalue weighted by atomic mass is 9.77. The van der Waals surface area contributed by atoms with Crippen molar-refractivity contribution in [3.8, 4) is 6.07 Å². The monoisotopic (exact) mass is 234 g/mol. The molecule has 0 aromatic heterocycles. The molecule has 1 heterocycles. The van der Waals surface area contributed by atoms with Crippen LogP contribution in [0.4, 0.5) is 0 Å². The van der Waals surface area contributed by atoms with Crippen molar-refractivity contribution in [3.05, 3.63) is 0 Å². The van der Waals surface area contributed by atoms with Gasteiger partial charge in [0.1, 0.15) is 0 Å². The van der Waals surface area contributed by atoms with Crippen LogP contribution in [0, 0.1) is 23.2 Å². The number of nitriles is 1. The molecule has 0 bridgehead atoms. The first-order valence-electron chi connectivity index (χ1n) is 7.45. The molecule has 17 heavy (non-hydrogen) atoms. The molecule has 1 aliphatic carbocycles. The Morgan fingerprint density at radius 1 is 1.18 bits per heavy atom. The smallest absolute Gasteiger partial charge is 0.0672 e. The Morgan fingerprint density at radius 3 is 2.65 bits per heavy atom. The third kappa shape index (κ3) is 2.65. The fourth-order valence-electron chi connectivity index (χ4n) is 3.85. The largest absolute Gasteiger partial charge is 0.296 e. The molecule has 0 N–H and O–H groups in total. The van der Waals surface area contributed by atoms with E-state index in [1.165, 1.54) is 45.1 Å². The maximum Gasteiger partial charge on any atom is 0.0672 e. The van der Waals surface area contributed by atoms with Crippen molar-refractivity contribution in [1.82, 2.24) is 4.90 Å². The van der Waals surface area contributed by atoms with Crippen LogP contribution in [-0.2, 0) is 0 Å². The molecule has 0 radical (unpaired) electrons. The Morgan fingerprint density at radius 2 is 2.00 bits per heavy atom. The van der Waals surface area contributed by atoms with Gasteiger partial charge in [-0.2, -0.15) is 5.26 Å². The molecule has 2 rings (SSSR count). The molecule has 2 nitrogen and oxygen atoms in total. The zero-order valence-corrected chi connectivity index (χ0v) is 11.4. The van der Waals surface area contributed by atoms with E-state index in [1.54, 1.807) is 0 Å². The lowest BCUT2D eigenvalue weighted by Crippen LogP contribution is -2.46. The standard InChI is InChI=1S/C15H26N2/c1-3-12-7-8-13(11-16)15(10-12)17-9-5-6-14(17)4-2/h12-15H,3-10H2,1-2H3. The van der Waals surface area contributed by atoms with Crippen molar-refractivity contribution in [3.63, 3.8) is 0 Å². The minimum Gasteiger partial charge on any atom is -0.296 e. The van der Waals surface area contributed by atoms with Crippen molar-refractivity contribution in [2.45, 2.75) is 70.9 Å². The normalized spacial score (nSPS) is 39.1. The van der Waals surface area contributed by atoms with E-state index >= 15 is 0 Å². The predicted octanol–water partition coefficient (Wildman–Crippen LogP) is 3.58. The third-order valence-electron chi connectivity index (χ3n) is 4.99. The molecule has 0 aromatic rings. The third-order valence-corrected chi connectivity index (χ3v) is 4.99. The molecule has 1 saturated carbocycles. The Labute approximate surface area is 106 Å². The average Bonchev–Trinajstić information content (AvgIpc) is 2.86. The van der Waals surface area contributed by atoms with E-state index in [-0.39, 0.29) is 0 Å². The van der Waals surface area contributed by atoms with Gasteiger partial charge in [0.25, 0.3) is 0 Å². The second-order valence-electron chi connectivity index (χ2n) is 5.83. The van der Waals surface area contributed by atoms with E-state index in [9.17, 15) is 5.26 Å². The van der Waals surface area contributed by atoms with E-state index in [0.717, 1.165) is 18.4 Å². The predicted molar refractivity (Wildman–Crippen MR) is 70.5 cm³/mol. The summed E-state index contributed by atoms with van der Waals surface area (Å²) in [4.78, 5) is 2.68. The first kappa shape index (κ1) is 12.9. The number of rotatable bonds is 3. The number of nitrogens with zero attached hydrogens (tertiary/aromatic N) is 2. The zero-order valence-electron chi connectivity index (χ0n) is 11.4. The second kappa shape index (κ2) is 5.87. The van der Waals surface area contributed by atoms with Crippen LogP contribution in [0.25, 0.3) is 0 Å². The summed E-state index contributed by atoms with van der Waals surface area (Å²) in [5.74, 6) is 1.16. The molecular weight excluding hydrogens is 208 g/mol. The van der Waals surface area contributed by atoms with Crippen molar-refractivity contribution in [2.24, 2.45) is 11.8 Å². The highest BCUT2D eigenvalue weighted by Crippen LogP contribution is 2.37. The van der Waals surface area contributed by atoms with Gasteiger partial charge in [-0.05, 0) is 51.0 Å². The maximum absolute atomic E-state index is 9.36. The minimum atomic E-state index is 0.296. The number of hydrogen-bond donors (Lipinski definition) is 0. The molecule has 96 valence electrons. The van der Waals surface area contributed by atoms with Gasteiger partial charge in [-0.15, -0.1) is 0 Å². The van der Waals surface area contributed by atoms with Crippen molar-refractivity contribution in [1.29, 1.82) is 5.26 Å². The molecule has 4 atom stereocenters. The van der Waals surface area contributed by atoms with Gasteiger partial charge < -0.3 is 0 Å². The molecule has 1 saturated heterocycles. The SMILES string of the molecule is CCC1CCC(C#N)C(N2CCCC2CC)C1. The quantitative estimate of drug-likeness (QED) is 0.746. The first-order chi connectivity index (χ1) is 8.30. The van der Waals surface area contributed by atoms with Crippen LogP contribution in [0.2, 0.25) is 0 Å². The van der Waals surface area contributed by atoms with Crippen LogP contribution in [0.1, 0.15) is 58.8 Å². The van der Waals surface area contributed by atoms with Gasteiger partial charge in [-0.1, -0.05) is 20.3 Å². The topological polar surface area (TPSA) is 27.0 Å². The van der Waals surface area contributed by atoms with Gasteiger partial charge in [0, 0.05) is 12.1 Å². The number of likely N-dealkylation sites (tertiary alicyclic amines) is 1. The summed E-state index contributed by atoms with van der Waals surface area (Å²) >= 11 is 0. The van der Waals surface area contributed by atoms with Gasteiger partial charge in [-0.25, -0.2) is 0 Å². The van der Waals surface area contributed by atoms with Gasteiger partial charge in [0.05, 0.1) is 12.0 Å². The fraction of sp³-hybridized carbons (Fsp3) is 0.933. The fourth-order valence-corrected chi connectivity index (χ4v) is 3.85. The molecule has 1 aliphatic heterocycles. The van der Waals surface area contributed by atoms with Crippen LogP contribution in [0.3, 0.4) is 0 Å². The van der Waals surface area contributed by atoms with E-state index in [4.69, 9.17) is 0 Å². The molecule has 2 aliphatic rings. The number of hydrogen-bond acceptors (Lipinski definition) is 2. The first-order valence-corrected chi connectivity index (χ1v) is 7.45. The average molecular weight is 234 g/mol. The summed E-state index contributed by atoms with van der Waals surface area (Å²) in [6, 6.07) is 3.90. The lowest BCUT2D eigenvalue weighted by molar-refractivity contribution is 0.0871. The van der Waals surface area contributed by atoms with E-state index in [0.29, 0.717) is 12.0 Å². The molecule has 2 fully saturated rings. The summed E-state index contributed by atoms with van der Waals surface area (Å²) in [7, 11) is 0. The van der Waals surface area contributed by atoms with E-state index < -0.39 is 0 Å². The van der Waals surface area contributed by atoms with E-state index in [2.05, 4.69) is 24.8 Å². The van der Waals surface area contributed by atoms with Gasteiger partial charge in [-0.3, -0.25) is 4.90 Å². The highest BCUT2D eigenvalue weighted by Gasteiger charge is 2.38. The van der Waals surface area contributed by atoms with Crippen LogP contribution >= 0.6 is 0 Å². The van der Waals surface area contributed by atoms with Crippen molar-refractivity contribution >= 4 is 0 Å². The van der Waals surface area contributed by atoms with E-state index in [1.807, 2.05) is 0 Å².